The number of rotatable bonds is 6. The van der Waals surface area contributed by atoms with Crippen molar-refractivity contribution in [1.29, 1.82) is 0 Å². The Labute approximate surface area is 233 Å². The highest BCUT2D eigenvalue weighted by Crippen LogP contribution is 2.57. The van der Waals surface area contributed by atoms with Crippen LogP contribution in [0.2, 0.25) is 0 Å². The number of hydrogen-bond acceptors (Lipinski definition) is 0. The van der Waals surface area contributed by atoms with Crippen molar-refractivity contribution in [2.75, 3.05) is 0 Å². The molecule has 3 heteroatoms. The van der Waals surface area contributed by atoms with Crippen molar-refractivity contribution in [2.24, 2.45) is 0 Å². The summed E-state index contributed by atoms with van der Waals surface area (Å²) in [5.41, 5.74) is 6.40. The summed E-state index contributed by atoms with van der Waals surface area (Å²) in [7, 11) is -0.402. The van der Waals surface area contributed by atoms with Crippen LogP contribution in [0.15, 0.2) is 91.0 Å². The average Bonchev–Trinajstić information content (AvgIpc) is 2.99. The van der Waals surface area contributed by atoms with Gasteiger partial charge < -0.3 is 0 Å². The van der Waals surface area contributed by atoms with Crippen LogP contribution < -0.4 is 5.30 Å². The largest absolute Gasteiger partial charge is 0.206 e. The Hall–Kier alpha value is -2.83. The summed E-state index contributed by atoms with van der Waals surface area (Å²) in [6, 6.07) is 28.9. The Morgan fingerprint density at radius 2 is 0.846 bits per heavy atom. The third kappa shape index (κ3) is 5.46. The molecule has 6 rings (SSSR count). The molecule has 0 heterocycles. The van der Waals surface area contributed by atoms with Gasteiger partial charge in [0, 0.05) is 11.1 Å². The van der Waals surface area contributed by atoms with E-state index in [1.165, 1.54) is 81.6 Å². The smallest absolute Gasteiger partial charge is 0.131 e. The molecule has 200 valence electrons. The van der Waals surface area contributed by atoms with E-state index in [4.69, 9.17) is 0 Å². The van der Waals surface area contributed by atoms with E-state index >= 15 is 8.78 Å². The van der Waals surface area contributed by atoms with Crippen LogP contribution >= 0.6 is 7.92 Å². The molecule has 0 unspecified atom stereocenters. The summed E-state index contributed by atoms with van der Waals surface area (Å²) in [6.07, 6.45) is 13.2. The highest BCUT2D eigenvalue weighted by molar-refractivity contribution is 7.67. The van der Waals surface area contributed by atoms with Gasteiger partial charge in [-0.1, -0.05) is 125 Å². The first-order valence-corrected chi connectivity index (χ1v) is 16.2. The molecule has 39 heavy (non-hydrogen) atoms. The standard InChI is InChI=1S/C36H37F2P/c37-33-23-10-7-18-28(33)30-21-13-22-31(29-19-8-11-24-34(29)38)36(30)32-20-9-12-25-35(32)39(26-14-3-1-4-15-26)27-16-5-2-6-17-27/h7-13,18-27H,1-6,14-17H2. The van der Waals surface area contributed by atoms with Crippen LogP contribution in [0.25, 0.3) is 33.4 Å². The van der Waals surface area contributed by atoms with Crippen LogP contribution in [-0.4, -0.2) is 11.3 Å². The van der Waals surface area contributed by atoms with Gasteiger partial charge in [0.15, 0.2) is 0 Å². The minimum absolute atomic E-state index is 0.247. The quantitative estimate of drug-likeness (QED) is 0.214. The second-order valence-electron chi connectivity index (χ2n) is 11.2. The lowest BCUT2D eigenvalue weighted by Gasteiger charge is -2.40. The van der Waals surface area contributed by atoms with E-state index in [1.807, 2.05) is 42.5 Å². The minimum atomic E-state index is -0.402. The molecule has 4 aromatic carbocycles. The fourth-order valence-electron chi connectivity index (χ4n) is 6.97. The van der Waals surface area contributed by atoms with Crippen LogP contribution in [0.5, 0.6) is 0 Å². The molecule has 0 atom stereocenters. The van der Waals surface area contributed by atoms with Crippen LogP contribution in [0.4, 0.5) is 8.78 Å². The summed E-state index contributed by atoms with van der Waals surface area (Å²) >= 11 is 0. The van der Waals surface area contributed by atoms with Crippen LogP contribution in [0.3, 0.4) is 0 Å². The molecule has 0 amide bonds. The molecule has 0 bridgehead atoms. The van der Waals surface area contributed by atoms with E-state index in [9.17, 15) is 0 Å². The Morgan fingerprint density at radius 3 is 1.33 bits per heavy atom. The van der Waals surface area contributed by atoms with Gasteiger partial charge >= 0.3 is 0 Å². The fourth-order valence-corrected chi connectivity index (χ4v) is 10.9. The Bertz CT molecular complexity index is 1330. The second-order valence-corrected chi connectivity index (χ2v) is 14.0. The lowest BCUT2D eigenvalue weighted by atomic mass is 9.87. The third-order valence-electron chi connectivity index (χ3n) is 8.78. The molecule has 2 aliphatic carbocycles. The molecule has 0 aliphatic heterocycles. The summed E-state index contributed by atoms with van der Waals surface area (Å²) < 4.78 is 30.7. The SMILES string of the molecule is Fc1ccccc1-c1cccc(-c2ccccc2F)c1-c1ccccc1P(C1CCCCC1)C1CCCCC1. The first-order chi connectivity index (χ1) is 19.2. The highest BCUT2D eigenvalue weighted by atomic mass is 31.1. The average molecular weight is 539 g/mol. The molecule has 0 nitrogen and oxygen atoms in total. The molecule has 2 fully saturated rings. The van der Waals surface area contributed by atoms with Crippen LogP contribution in [0, 0.1) is 11.6 Å². The van der Waals surface area contributed by atoms with Gasteiger partial charge in [0.05, 0.1) is 0 Å². The molecular weight excluding hydrogens is 501 g/mol. The molecule has 0 radical (unpaired) electrons. The highest BCUT2D eigenvalue weighted by Gasteiger charge is 2.34. The molecule has 0 spiro atoms. The third-order valence-corrected chi connectivity index (χ3v) is 12.3. The first kappa shape index (κ1) is 26.4. The van der Waals surface area contributed by atoms with Gasteiger partial charge in [-0.15, -0.1) is 0 Å². The number of benzene rings is 4. The minimum Gasteiger partial charge on any atom is -0.206 e. The molecule has 0 saturated heterocycles. The van der Waals surface area contributed by atoms with Gasteiger partial charge in [0.25, 0.3) is 0 Å². The van der Waals surface area contributed by atoms with Crippen molar-refractivity contribution < 1.29 is 8.78 Å². The zero-order chi connectivity index (χ0) is 26.6. The van der Waals surface area contributed by atoms with Crippen molar-refractivity contribution >= 4 is 13.2 Å². The molecule has 0 N–H and O–H groups in total. The van der Waals surface area contributed by atoms with Gasteiger partial charge in [-0.2, -0.15) is 0 Å². The first-order valence-electron chi connectivity index (χ1n) is 14.7. The van der Waals surface area contributed by atoms with Gasteiger partial charge in [-0.3, -0.25) is 0 Å². The normalized spacial score (nSPS) is 17.0. The van der Waals surface area contributed by atoms with Gasteiger partial charge in [-0.25, -0.2) is 8.78 Å². The van der Waals surface area contributed by atoms with Crippen LogP contribution in [-0.2, 0) is 0 Å². The lowest BCUT2D eigenvalue weighted by Crippen LogP contribution is -2.27. The monoisotopic (exact) mass is 538 g/mol. The summed E-state index contributed by atoms with van der Waals surface area (Å²) in [4.78, 5) is 0. The van der Waals surface area contributed by atoms with Crippen LogP contribution in [0.1, 0.15) is 64.2 Å². The molecule has 0 aromatic heterocycles. The van der Waals surface area contributed by atoms with E-state index in [1.54, 1.807) is 12.1 Å². The Balaban J connectivity index is 1.61. The number of hydrogen-bond donors (Lipinski definition) is 0. The summed E-state index contributed by atoms with van der Waals surface area (Å²) in [5, 5.41) is 1.44. The van der Waals surface area contributed by atoms with Crippen molar-refractivity contribution in [1.82, 2.24) is 0 Å². The van der Waals surface area contributed by atoms with Crippen molar-refractivity contribution in [3.05, 3.63) is 103 Å². The summed E-state index contributed by atoms with van der Waals surface area (Å²) in [5.74, 6) is -0.493. The summed E-state index contributed by atoms with van der Waals surface area (Å²) in [6.45, 7) is 0. The Kier molecular flexibility index (Phi) is 8.21. The maximum Gasteiger partial charge on any atom is 0.131 e. The molecule has 2 aliphatic rings. The van der Waals surface area contributed by atoms with E-state index in [0.29, 0.717) is 11.1 Å². The second kappa shape index (κ2) is 12.1. The number of halogens is 2. The predicted molar refractivity (Wildman–Crippen MR) is 163 cm³/mol. The van der Waals surface area contributed by atoms with Crippen molar-refractivity contribution in [3.8, 4) is 33.4 Å². The van der Waals surface area contributed by atoms with Crippen molar-refractivity contribution in [3.63, 3.8) is 0 Å². The van der Waals surface area contributed by atoms with E-state index in [-0.39, 0.29) is 11.6 Å². The van der Waals surface area contributed by atoms with Gasteiger partial charge in [-0.05, 0) is 76.7 Å². The van der Waals surface area contributed by atoms with E-state index in [0.717, 1.165) is 33.6 Å². The maximum absolute atomic E-state index is 15.4. The topological polar surface area (TPSA) is 0 Å². The lowest BCUT2D eigenvalue weighted by molar-refractivity contribution is 0.487. The van der Waals surface area contributed by atoms with Crippen molar-refractivity contribution in [2.45, 2.75) is 75.5 Å². The zero-order valence-corrected chi connectivity index (χ0v) is 23.5. The fraction of sp³-hybridized carbons (Fsp3) is 0.333. The predicted octanol–water partition coefficient (Wildman–Crippen LogP) is 10.7. The molecule has 4 aromatic rings. The molecule has 2 saturated carbocycles. The zero-order valence-electron chi connectivity index (χ0n) is 22.6. The molecular formula is C36H37F2P. The Morgan fingerprint density at radius 1 is 0.436 bits per heavy atom. The van der Waals surface area contributed by atoms with Gasteiger partial charge in [0.2, 0.25) is 0 Å². The van der Waals surface area contributed by atoms with E-state index < -0.39 is 7.92 Å². The maximum atomic E-state index is 15.4. The van der Waals surface area contributed by atoms with E-state index in [2.05, 4.69) is 24.3 Å². The van der Waals surface area contributed by atoms with Gasteiger partial charge in [0.1, 0.15) is 11.6 Å².